The number of aromatic nitrogens is 5. The molecule has 0 aliphatic carbocycles. The van der Waals surface area contributed by atoms with Crippen LogP contribution in [0.15, 0.2) is 12.4 Å². The first-order chi connectivity index (χ1) is 8.24. The summed E-state index contributed by atoms with van der Waals surface area (Å²) in [4.78, 5) is 19.0. The Bertz CT molecular complexity index is 445. The third-order valence-electron chi connectivity index (χ3n) is 2.34. The fourth-order valence-corrected chi connectivity index (χ4v) is 1.58. The van der Waals surface area contributed by atoms with Gasteiger partial charge in [-0.3, -0.25) is 0 Å². The third kappa shape index (κ3) is 3.40. The van der Waals surface area contributed by atoms with Crippen LogP contribution in [0.2, 0.25) is 0 Å². The normalized spacial score (nSPS) is 10.6. The minimum Gasteiger partial charge on any atom is -0.368 e. The van der Waals surface area contributed by atoms with Crippen LogP contribution in [0.1, 0.15) is 24.5 Å². The zero-order valence-corrected chi connectivity index (χ0v) is 9.43. The first-order valence-electron chi connectivity index (χ1n) is 5.48. The molecule has 0 fully saturated rings. The summed E-state index contributed by atoms with van der Waals surface area (Å²) in [7, 11) is 0. The van der Waals surface area contributed by atoms with Gasteiger partial charge in [0.2, 0.25) is 11.9 Å². The molecule has 0 aliphatic rings. The predicted molar refractivity (Wildman–Crippen MR) is 63.9 cm³/mol. The highest BCUT2D eigenvalue weighted by atomic mass is 15.1. The molecule has 0 unspecified atom stereocenters. The van der Waals surface area contributed by atoms with Crippen LogP contribution in [-0.4, -0.2) is 24.9 Å². The molecule has 0 bridgehead atoms. The van der Waals surface area contributed by atoms with Crippen LogP contribution >= 0.6 is 0 Å². The number of anilines is 2. The van der Waals surface area contributed by atoms with Crippen molar-refractivity contribution in [3.05, 3.63) is 24.0 Å². The Morgan fingerprint density at radius 3 is 2.35 bits per heavy atom. The largest absolute Gasteiger partial charge is 0.368 e. The van der Waals surface area contributed by atoms with Gasteiger partial charge in [0.1, 0.15) is 11.6 Å². The summed E-state index contributed by atoms with van der Waals surface area (Å²) in [6, 6.07) is 0. The number of nitrogens with one attached hydrogen (secondary N) is 1. The molecule has 17 heavy (non-hydrogen) atoms. The molecule has 0 aromatic carbocycles. The second kappa shape index (κ2) is 5.24. The van der Waals surface area contributed by atoms with Gasteiger partial charge in [-0.25, -0.2) is 4.98 Å². The molecule has 7 heteroatoms. The van der Waals surface area contributed by atoms with Crippen molar-refractivity contribution in [3.63, 3.8) is 0 Å². The summed E-state index contributed by atoms with van der Waals surface area (Å²) in [6.07, 6.45) is 7.22. The van der Waals surface area contributed by atoms with Gasteiger partial charge in [0, 0.05) is 25.2 Å². The molecular formula is C10H15N7. The lowest BCUT2D eigenvalue weighted by atomic mass is 10.2. The molecule has 2 rings (SSSR count). The van der Waals surface area contributed by atoms with Gasteiger partial charge in [-0.1, -0.05) is 0 Å². The Morgan fingerprint density at radius 2 is 1.71 bits per heavy atom. The number of nitrogen functional groups attached to an aromatic ring is 2. The number of aryl methyl sites for hydroxylation is 2. The third-order valence-corrected chi connectivity index (χ3v) is 2.34. The quantitative estimate of drug-likeness (QED) is 0.640. The molecule has 0 amide bonds. The number of nitrogens with two attached hydrogens (primary N) is 2. The van der Waals surface area contributed by atoms with E-state index in [4.69, 9.17) is 11.5 Å². The first-order valence-corrected chi connectivity index (χ1v) is 5.48. The number of H-pyrrole nitrogens is 1. The summed E-state index contributed by atoms with van der Waals surface area (Å²) in [5, 5.41) is 0. The summed E-state index contributed by atoms with van der Waals surface area (Å²) < 4.78 is 0. The van der Waals surface area contributed by atoms with E-state index in [0.29, 0.717) is 5.82 Å². The van der Waals surface area contributed by atoms with Crippen molar-refractivity contribution in [2.45, 2.75) is 25.7 Å². The highest BCUT2D eigenvalue weighted by Crippen LogP contribution is 2.05. The zero-order valence-electron chi connectivity index (χ0n) is 9.43. The number of rotatable bonds is 5. The maximum Gasteiger partial charge on any atom is 0.225 e. The first kappa shape index (κ1) is 11.3. The Kier molecular flexibility index (Phi) is 3.49. The summed E-state index contributed by atoms with van der Waals surface area (Å²) in [5.74, 6) is 2.01. The molecule has 7 nitrogen and oxygen atoms in total. The predicted octanol–water partition coefficient (Wildman–Crippen LogP) is 0.324. The van der Waals surface area contributed by atoms with Gasteiger partial charge in [0.15, 0.2) is 0 Å². The Morgan fingerprint density at radius 1 is 1.00 bits per heavy atom. The fourth-order valence-electron chi connectivity index (χ4n) is 1.58. The van der Waals surface area contributed by atoms with Gasteiger partial charge in [-0.15, -0.1) is 0 Å². The molecule has 0 saturated carbocycles. The molecule has 5 N–H and O–H groups in total. The van der Waals surface area contributed by atoms with E-state index in [1.807, 2.05) is 6.20 Å². The van der Waals surface area contributed by atoms with Crippen molar-refractivity contribution < 1.29 is 0 Å². The highest BCUT2D eigenvalue weighted by molar-refractivity contribution is 5.25. The monoisotopic (exact) mass is 233 g/mol. The van der Waals surface area contributed by atoms with E-state index in [-0.39, 0.29) is 11.9 Å². The van der Waals surface area contributed by atoms with Crippen molar-refractivity contribution in [1.82, 2.24) is 24.9 Å². The highest BCUT2D eigenvalue weighted by Gasteiger charge is 2.02. The Balaban J connectivity index is 1.78. The summed E-state index contributed by atoms with van der Waals surface area (Å²) in [5.41, 5.74) is 11.0. The zero-order chi connectivity index (χ0) is 12.1. The summed E-state index contributed by atoms with van der Waals surface area (Å²) in [6.45, 7) is 0. The lowest BCUT2D eigenvalue weighted by Gasteiger charge is -2.01. The summed E-state index contributed by atoms with van der Waals surface area (Å²) >= 11 is 0. The van der Waals surface area contributed by atoms with Gasteiger partial charge in [0.05, 0.1) is 0 Å². The van der Waals surface area contributed by atoms with Crippen LogP contribution in [0.5, 0.6) is 0 Å². The molecule has 0 aliphatic heterocycles. The number of hydrogen-bond donors (Lipinski definition) is 3. The Labute approximate surface area is 98.7 Å². The fraction of sp³-hybridized carbons (Fsp3) is 0.400. The van der Waals surface area contributed by atoms with Crippen molar-refractivity contribution in [2.75, 3.05) is 11.5 Å². The van der Waals surface area contributed by atoms with Crippen LogP contribution in [0.4, 0.5) is 11.9 Å². The van der Waals surface area contributed by atoms with Crippen molar-refractivity contribution in [2.24, 2.45) is 0 Å². The minimum absolute atomic E-state index is 0.179. The van der Waals surface area contributed by atoms with E-state index < -0.39 is 0 Å². The van der Waals surface area contributed by atoms with Crippen LogP contribution in [0.25, 0.3) is 0 Å². The molecule has 90 valence electrons. The van der Waals surface area contributed by atoms with E-state index in [1.54, 1.807) is 6.20 Å². The average molecular weight is 233 g/mol. The van der Waals surface area contributed by atoms with Gasteiger partial charge >= 0.3 is 0 Å². The van der Waals surface area contributed by atoms with Gasteiger partial charge in [-0.05, 0) is 12.8 Å². The molecule has 2 aromatic heterocycles. The molecule has 2 heterocycles. The number of aromatic amines is 1. The molecule has 0 spiro atoms. The molecule has 0 radical (unpaired) electrons. The van der Waals surface area contributed by atoms with Crippen molar-refractivity contribution in [3.8, 4) is 0 Å². The number of nitrogens with zero attached hydrogens (tertiary/aromatic N) is 4. The lowest BCUT2D eigenvalue weighted by Crippen LogP contribution is -2.07. The number of imidazole rings is 1. The standard InChI is InChI=1S/C10H15N7/c11-9-15-8(16-10(12)17-9)4-2-1-3-7-13-5-6-14-7/h5-6H,1-4H2,(H,13,14)(H4,11,12,15,16,17). The minimum atomic E-state index is 0.179. The SMILES string of the molecule is Nc1nc(N)nc(CCCCc2ncc[nH]2)n1. The average Bonchev–Trinajstić information content (AvgIpc) is 2.76. The molecule has 0 saturated heterocycles. The van der Waals surface area contributed by atoms with E-state index in [1.165, 1.54) is 0 Å². The van der Waals surface area contributed by atoms with E-state index in [2.05, 4.69) is 24.9 Å². The van der Waals surface area contributed by atoms with Gasteiger partial charge in [-0.2, -0.15) is 15.0 Å². The maximum atomic E-state index is 5.48. The van der Waals surface area contributed by atoms with E-state index in [0.717, 1.165) is 31.5 Å². The van der Waals surface area contributed by atoms with Gasteiger partial charge < -0.3 is 16.5 Å². The second-order valence-electron chi connectivity index (χ2n) is 3.71. The van der Waals surface area contributed by atoms with Gasteiger partial charge in [0.25, 0.3) is 0 Å². The maximum absolute atomic E-state index is 5.48. The number of unbranched alkanes of at least 4 members (excludes halogenated alkanes) is 1. The van der Waals surface area contributed by atoms with Crippen molar-refractivity contribution in [1.29, 1.82) is 0 Å². The Hall–Kier alpha value is -2.18. The van der Waals surface area contributed by atoms with Crippen LogP contribution in [-0.2, 0) is 12.8 Å². The lowest BCUT2D eigenvalue weighted by molar-refractivity contribution is 0.690. The topological polar surface area (TPSA) is 119 Å². The van der Waals surface area contributed by atoms with Crippen LogP contribution in [0.3, 0.4) is 0 Å². The van der Waals surface area contributed by atoms with E-state index in [9.17, 15) is 0 Å². The molecular weight excluding hydrogens is 218 g/mol. The van der Waals surface area contributed by atoms with E-state index >= 15 is 0 Å². The smallest absolute Gasteiger partial charge is 0.225 e. The molecule has 2 aromatic rings. The molecule has 0 atom stereocenters. The second-order valence-corrected chi connectivity index (χ2v) is 3.71. The van der Waals surface area contributed by atoms with Crippen molar-refractivity contribution >= 4 is 11.9 Å². The number of hydrogen-bond acceptors (Lipinski definition) is 6. The van der Waals surface area contributed by atoms with Crippen LogP contribution in [0, 0.1) is 0 Å². The van der Waals surface area contributed by atoms with Crippen LogP contribution < -0.4 is 11.5 Å².